The second-order valence-corrected chi connectivity index (χ2v) is 8.94. The van der Waals surface area contributed by atoms with Crippen LogP contribution >= 0.6 is 0 Å². The molecule has 2 bridgehead atoms. The predicted molar refractivity (Wildman–Crippen MR) is 98.4 cm³/mol. The van der Waals surface area contributed by atoms with Crippen LogP contribution in [0.4, 0.5) is 0 Å². The first-order valence-corrected chi connectivity index (χ1v) is 10.1. The maximum Gasteiger partial charge on any atom is 0.317 e. The highest BCUT2D eigenvalue weighted by Crippen LogP contribution is 2.54. The quantitative estimate of drug-likeness (QED) is 0.865. The number of phenols is 1. The summed E-state index contributed by atoms with van der Waals surface area (Å²) in [5.41, 5.74) is 2.86. The number of carboxylic acid groups (broad SMARTS) is 1. The van der Waals surface area contributed by atoms with Crippen LogP contribution in [-0.4, -0.2) is 64.7 Å². The van der Waals surface area contributed by atoms with Crippen LogP contribution in [0.2, 0.25) is 0 Å². The van der Waals surface area contributed by atoms with Crippen LogP contribution < -0.4 is 0 Å². The van der Waals surface area contributed by atoms with Gasteiger partial charge in [0.25, 0.3) is 0 Å². The largest absolute Gasteiger partial charge is 0.508 e. The number of likely N-dealkylation sites (tertiary alicyclic amines) is 2. The molecule has 4 aliphatic rings. The fourth-order valence-corrected chi connectivity index (χ4v) is 6.02. The van der Waals surface area contributed by atoms with E-state index in [1.807, 2.05) is 12.1 Å². The van der Waals surface area contributed by atoms with Crippen molar-refractivity contribution in [1.29, 1.82) is 0 Å². The maximum atomic E-state index is 11.2. The van der Waals surface area contributed by atoms with Crippen LogP contribution in [0.15, 0.2) is 18.2 Å². The van der Waals surface area contributed by atoms with Crippen molar-refractivity contribution in [3.63, 3.8) is 0 Å². The van der Waals surface area contributed by atoms with E-state index in [2.05, 4.69) is 15.9 Å². The van der Waals surface area contributed by atoms with Gasteiger partial charge in [-0.15, -0.1) is 0 Å². The summed E-state index contributed by atoms with van der Waals surface area (Å²) in [4.78, 5) is 16.1. The number of nitrogens with zero attached hydrogens (tertiary/aromatic N) is 2. The van der Waals surface area contributed by atoms with E-state index in [-0.39, 0.29) is 12.0 Å². The van der Waals surface area contributed by atoms with Gasteiger partial charge in [-0.1, -0.05) is 6.07 Å². The third kappa shape index (κ3) is 2.64. The first kappa shape index (κ1) is 16.6. The Labute approximate surface area is 154 Å². The molecule has 1 aromatic rings. The van der Waals surface area contributed by atoms with Crippen LogP contribution in [0.3, 0.4) is 0 Å². The van der Waals surface area contributed by atoms with Crippen molar-refractivity contribution in [1.82, 2.24) is 9.80 Å². The van der Waals surface area contributed by atoms with Gasteiger partial charge >= 0.3 is 5.97 Å². The van der Waals surface area contributed by atoms with Gasteiger partial charge in [0.2, 0.25) is 0 Å². The van der Waals surface area contributed by atoms with Gasteiger partial charge in [0.1, 0.15) is 5.75 Å². The summed E-state index contributed by atoms with van der Waals surface area (Å²) in [6, 6.07) is 6.47. The Bertz CT molecular complexity index is 732. The molecular formula is C21H28N2O3. The first-order chi connectivity index (χ1) is 12.5. The molecule has 0 aromatic heterocycles. The molecule has 5 heteroatoms. The summed E-state index contributed by atoms with van der Waals surface area (Å²) in [5.74, 6) is 0.985. The molecule has 140 valence electrons. The molecule has 2 heterocycles. The van der Waals surface area contributed by atoms with E-state index in [4.69, 9.17) is 0 Å². The van der Waals surface area contributed by atoms with Crippen molar-refractivity contribution in [2.75, 3.05) is 32.7 Å². The van der Waals surface area contributed by atoms with Crippen molar-refractivity contribution in [2.45, 2.75) is 43.6 Å². The number of phenolic OH excluding ortho intramolecular Hbond substituents is 1. The molecule has 0 radical (unpaired) electrons. The third-order valence-electron chi connectivity index (χ3n) is 7.42. The van der Waals surface area contributed by atoms with E-state index in [0.717, 1.165) is 44.8 Å². The monoisotopic (exact) mass is 356 g/mol. The van der Waals surface area contributed by atoms with E-state index in [0.29, 0.717) is 17.7 Å². The van der Waals surface area contributed by atoms with Gasteiger partial charge in [0, 0.05) is 24.5 Å². The minimum absolute atomic E-state index is 0.117. The molecule has 3 fully saturated rings. The second kappa shape index (κ2) is 5.96. The molecule has 1 unspecified atom stereocenters. The average Bonchev–Trinajstić information content (AvgIpc) is 3.41. The summed E-state index contributed by atoms with van der Waals surface area (Å²) in [7, 11) is 0. The number of carbonyl (C=O) groups is 1. The number of aromatic hydroxyl groups is 1. The molecule has 2 aliphatic carbocycles. The summed E-state index contributed by atoms with van der Waals surface area (Å²) in [6.07, 6.45) is 5.92. The normalized spacial score (nSPS) is 34.2. The van der Waals surface area contributed by atoms with Gasteiger partial charge in [0.05, 0.1) is 6.54 Å². The standard InChI is InChI=1S/C21H28N2O3/c24-16-4-3-15-9-19-18-12-22(13-20(25)26)7-5-21(18,17(15)10-16)6-8-23(19)11-14-1-2-14/h3-4,10,14,18-19,24H,1-2,5-9,11-13H2,(H,25,26)/t18-,19+,21?/m0/s1. The van der Waals surface area contributed by atoms with Gasteiger partial charge in [0.15, 0.2) is 0 Å². The molecule has 1 aromatic carbocycles. The van der Waals surface area contributed by atoms with E-state index >= 15 is 0 Å². The van der Waals surface area contributed by atoms with Crippen molar-refractivity contribution in [2.24, 2.45) is 11.8 Å². The van der Waals surface area contributed by atoms with E-state index in [9.17, 15) is 15.0 Å². The Hall–Kier alpha value is -1.59. The smallest absolute Gasteiger partial charge is 0.317 e. The second-order valence-electron chi connectivity index (χ2n) is 8.94. The van der Waals surface area contributed by atoms with Crippen LogP contribution in [-0.2, 0) is 16.6 Å². The Balaban J connectivity index is 1.52. The molecule has 5 nitrogen and oxygen atoms in total. The molecule has 2 saturated heterocycles. The molecule has 1 saturated carbocycles. The summed E-state index contributed by atoms with van der Waals surface area (Å²) in [6.45, 7) is 4.21. The molecular weight excluding hydrogens is 328 g/mol. The van der Waals surface area contributed by atoms with E-state index in [1.54, 1.807) is 0 Å². The van der Waals surface area contributed by atoms with Crippen molar-refractivity contribution in [3.05, 3.63) is 29.3 Å². The number of fused-ring (bicyclic) bond motifs is 1. The van der Waals surface area contributed by atoms with Crippen LogP contribution in [0.5, 0.6) is 5.75 Å². The Morgan fingerprint density at radius 3 is 2.81 bits per heavy atom. The number of benzene rings is 1. The molecule has 0 spiro atoms. The minimum atomic E-state index is -0.727. The third-order valence-corrected chi connectivity index (χ3v) is 7.42. The zero-order valence-electron chi connectivity index (χ0n) is 15.2. The predicted octanol–water partition coefficient (Wildman–Crippen LogP) is 2.08. The number of hydrogen-bond acceptors (Lipinski definition) is 4. The summed E-state index contributed by atoms with van der Waals surface area (Å²) < 4.78 is 0. The van der Waals surface area contributed by atoms with Crippen molar-refractivity contribution >= 4 is 5.97 Å². The number of piperidine rings is 2. The Morgan fingerprint density at radius 1 is 1.23 bits per heavy atom. The number of carboxylic acids is 1. The Morgan fingerprint density at radius 2 is 2.04 bits per heavy atom. The number of aliphatic carboxylic acids is 1. The van der Waals surface area contributed by atoms with Crippen LogP contribution in [0.1, 0.15) is 36.8 Å². The van der Waals surface area contributed by atoms with Gasteiger partial charge in [-0.05, 0) is 80.3 Å². The molecule has 2 N–H and O–H groups in total. The summed E-state index contributed by atoms with van der Waals surface area (Å²) in [5, 5.41) is 19.4. The average molecular weight is 356 g/mol. The minimum Gasteiger partial charge on any atom is -0.508 e. The maximum absolute atomic E-state index is 11.2. The lowest BCUT2D eigenvalue weighted by molar-refractivity contribution is -0.140. The lowest BCUT2D eigenvalue weighted by Crippen LogP contribution is -2.65. The fraction of sp³-hybridized carbons (Fsp3) is 0.667. The van der Waals surface area contributed by atoms with E-state index < -0.39 is 5.97 Å². The van der Waals surface area contributed by atoms with E-state index in [1.165, 1.54) is 30.5 Å². The van der Waals surface area contributed by atoms with Crippen LogP contribution in [0, 0.1) is 11.8 Å². The molecule has 2 aliphatic heterocycles. The van der Waals surface area contributed by atoms with Gasteiger partial charge in [-0.3, -0.25) is 14.6 Å². The molecule has 5 rings (SSSR count). The highest BCUT2D eigenvalue weighted by Gasteiger charge is 2.55. The Kier molecular flexibility index (Phi) is 3.80. The highest BCUT2D eigenvalue weighted by molar-refractivity contribution is 5.69. The zero-order valence-corrected chi connectivity index (χ0v) is 15.2. The number of hydrogen-bond donors (Lipinski definition) is 2. The fourth-order valence-electron chi connectivity index (χ4n) is 6.02. The SMILES string of the molecule is O=C(O)CN1CCC23CCN(CC4CC4)[C@H](Cc4ccc(O)cc42)[C@@H]3C1. The van der Waals surface area contributed by atoms with Crippen molar-refractivity contribution < 1.29 is 15.0 Å². The van der Waals surface area contributed by atoms with Gasteiger partial charge in [-0.2, -0.15) is 0 Å². The number of rotatable bonds is 4. The lowest BCUT2D eigenvalue weighted by atomic mass is 9.54. The van der Waals surface area contributed by atoms with Crippen LogP contribution in [0.25, 0.3) is 0 Å². The lowest BCUT2D eigenvalue weighted by Gasteiger charge is -2.60. The molecule has 26 heavy (non-hydrogen) atoms. The molecule has 0 amide bonds. The molecule has 3 atom stereocenters. The van der Waals surface area contributed by atoms with Gasteiger partial charge in [-0.25, -0.2) is 0 Å². The first-order valence-electron chi connectivity index (χ1n) is 10.1. The summed E-state index contributed by atoms with van der Waals surface area (Å²) >= 11 is 0. The highest BCUT2D eigenvalue weighted by atomic mass is 16.4. The zero-order chi connectivity index (χ0) is 17.9. The van der Waals surface area contributed by atoms with Crippen molar-refractivity contribution in [3.8, 4) is 5.75 Å². The topological polar surface area (TPSA) is 64.0 Å². The van der Waals surface area contributed by atoms with Gasteiger partial charge < -0.3 is 10.2 Å².